The fraction of sp³-hybridized carbons (Fsp3) is 0.138. The molecule has 0 aliphatic rings. The highest BCUT2D eigenvalue weighted by atomic mass is 16.5. The topological polar surface area (TPSA) is 40.5 Å². The Hall–Kier alpha value is -4.05. The number of rotatable bonds is 7. The van der Waals surface area contributed by atoms with Crippen molar-refractivity contribution < 1.29 is 9.47 Å². The first kappa shape index (κ1) is 20.8. The average Bonchev–Trinajstić information content (AvgIpc) is 2.84. The monoisotopic (exact) mass is 435 g/mol. The highest BCUT2D eigenvalue weighted by molar-refractivity contribution is 5.89. The second kappa shape index (κ2) is 9.21. The van der Waals surface area contributed by atoms with Crippen LogP contribution in [0.25, 0.3) is 21.5 Å². The highest BCUT2D eigenvalue weighted by Crippen LogP contribution is 2.34. The molecule has 0 N–H and O–H groups in total. The van der Waals surface area contributed by atoms with Gasteiger partial charge in [-0.3, -0.25) is 9.36 Å². The summed E-state index contributed by atoms with van der Waals surface area (Å²) in [6, 6.07) is 31.3. The average molecular weight is 436 g/mol. The molecule has 1 heterocycles. The van der Waals surface area contributed by atoms with Crippen molar-refractivity contribution in [2.45, 2.75) is 26.3 Å². The molecule has 0 spiro atoms. The number of unbranched alkanes of at least 4 members (excludes halogenated alkanes) is 1. The summed E-state index contributed by atoms with van der Waals surface area (Å²) in [6.45, 7) is 2.69. The number of hydrogen-bond donors (Lipinski definition) is 0. The second-order valence-corrected chi connectivity index (χ2v) is 8.03. The van der Waals surface area contributed by atoms with Crippen molar-refractivity contribution in [1.29, 1.82) is 0 Å². The standard InChI is InChI=1S/C29H25NO3/c1-2-3-18-30-28(31)19-23(32-26-16-8-12-21-10-4-6-14-24(21)26)20-29(30)33-27-17-9-13-22-11-5-7-15-25(22)27/h4-17,19-20H,2-3,18H2,1H3. The Balaban J connectivity index is 1.57. The van der Waals surface area contributed by atoms with Gasteiger partial charge in [0.05, 0.1) is 0 Å². The molecule has 0 atom stereocenters. The van der Waals surface area contributed by atoms with Crippen LogP contribution in [-0.2, 0) is 6.54 Å². The maximum atomic E-state index is 13.1. The van der Waals surface area contributed by atoms with E-state index in [-0.39, 0.29) is 5.56 Å². The smallest absolute Gasteiger partial charge is 0.257 e. The predicted molar refractivity (Wildman–Crippen MR) is 134 cm³/mol. The lowest BCUT2D eigenvalue weighted by Crippen LogP contribution is -2.20. The Morgan fingerprint density at radius 2 is 1.27 bits per heavy atom. The van der Waals surface area contributed by atoms with Gasteiger partial charge in [0.2, 0.25) is 5.88 Å². The van der Waals surface area contributed by atoms with Crippen LogP contribution in [-0.4, -0.2) is 4.57 Å². The number of fused-ring (bicyclic) bond motifs is 2. The minimum Gasteiger partial charge on any atom is -0.456 e. The molecule has 0 saturated carbocycles. The first-order valence-corrected chi connectivity index (χ1v) is 11.3. The van der Waals surface area contributed by atoms with Gasteiger partial charge in [-0.1, -0.05) is 86.1 Å². The van der Waals surface area contributed by atoms with Gasteiger partial charge in [-0.25, -0.2) is 0 Å². The van der Waals surface area contributed by atoms with Crippen LogP contribution >= 0.6 is 0 Å². The Labute approximate surface area is 192 Å². The number of hydrogen-bond acceptors (Lipinski definition) is 3. The van der Waals surface area contributed by atoms with Crippen LogP contribution in [0.15, 0.2) is 102 Å². The third kappa shape index (κ3) is 4.33. The molecular weight excluding hydrogens is 410 g/mol. The van der Waals surface area contributed by atoms with E-state index in [9.17, 15) is 4.79 Å². The maximum Gasteiger partial charge on any atom is 0.257 e. The van der Waals surface area contributed by atoms with Crippen LogP contribution in [0.2, 0.25) is 0 Å². The lowest BCUT2D eigenvalue weighted by atomic mass is 10.1. The Morgan fingerprint density at radius 3 is 1.91 bits per heavy atom. The fourth-order valence-corrected chi connectivity index (χ4v) is 4.04. The van der Waals surface area contributed by atoms with Crippen LogP contribution in [0.1, 0.15) is 19.8 Å². The normalized spacial score (nSPS) is 11.1. The molecule has 4 aromatic carbocycles. The summed E-state index contributed by atoms with van der Waals surface area (Å²) in [5.41, 5.74) is -0.142. The first-order valence-electron chi connectivity index (χ1n) is 11.3. The molecule has 4 heteroatoms. The van der Waals surface area contributed by atoms with Crippen LogP contribution in [0.5, 0.6) is 23.1 Å². The molecule has 0 aliphatic heterocycles. The molecule has 0 aliphatic carbocycles. The van der Waals surface area contributed by atoms with Gasteiger partial charge in [0.25, 0.3) is 5.56 Å². The molecule has 5 aromatic rings. The van der Waals surface area contributed by atoms with Gasteiger partial charge in [-0.2, -0.15) is 0 Å². The Kier molecular flexibility index (Phi) is 5.81. The first-order chi connectivity index (χ1) is 16.2. The molecule has 33 heavy (non-hydrogen) atoms. The quantitative estimate of drug-likeness (QED) is 0.265. The number of benzene rings is 4. The van der Waals surface area contributed by atoms with Crippen molar-refractivity contribution in [3.05, 3.63) is 107 Å². The summed E-state index contributed by atoms with van der Waals surface area (Å²) in [6.07, 6.45) is 1.86. The van der Waals surface area contributed by atoms with Crippen LogP contribution in [0.3, 0.4) is 0 Å². The summed E-state index contributed by atoms with van der Waals surface area (Å²) in [4.78, 5) is 13.1. The van der Waals surface area contributed by atoms with E-state index in [4.69, 9.17) is 9.47 Å². The van der Waals surface area contributed by atoms with Crippen molar-refractivity contribution in [2.24, 2.45) is 0 Å². The molecule has 4 nitrogen and oxygen atoms in total. The van der Waals surface area contributed by atoms with E-state index in [2.05, 4.69) is 6.92 Å². The Morgan fingerprint density at radius 1 is 0.697 bits per heavy atom. The number of pyridine rings is 1. The summed E-state index contributed by atoms with van der Waals surface area (Å²) in [5, 5.41) is 4.15. The van der Waals surface area contributed by atoms with Gasteiger partial charge in [0.15, 0.2) is 0 Å². The van der Waals surface area contributed by atoms with E-state index in [1.165, 1.54) is 6.07 Å². The van der Waals surface area contributed by atoms with Gasteiger partial charge in [-0.05, 0) is 29.3 Å². The fourth-order valence-electron chi connectivity index (χ4n) is 4.04. The van der Waals surface area contributed by atoms with Crippen LogP contribution in [0, 0.1) is 0 Å². The lowest BCUT2D eigenvalue weighted by molar-refractivity contribution is 0.407. The van der Waals surface area contributed by atoms with Crippen molar-refractivity contribution in [1.82, 2.24) is 4.57 Å². The zero-order valence-corrected chi connectivity index (χ0v) is 18.5. The molecule has 0 saturated heterocycles. The number of nitrogens with zero attached hydrogens (tertiary/aromatic N) is 1. The predicted octanol–water partition coefficient (Wildman–Crippen LogP) is 7.54. The highest BCUT2D eigenvalue weighted by Gasteiger charge is 2.13. The minimum atomic E-state index is -0.142. The number of aromatic nitrogens is 1. The summed E-state index contributed by atoms with van der Waals surface area (Å²) in [5.74, 6) is 2.34. The second-order valence-electron chi connectivity index (χ2n) is 8.03. The van der Waals surface area contributed by atoms with Gasteiger partial charge < -0.3 is 9.47 Å². The number of ether oxygens (including phenoxy) is 2. The van der Waals surface area contributed by atoms with E-state index >= 15 is 0 Å². The largest absolute Gasteiger partial charge is 0.456 e. The van der Waals surface area contributed by atoms with E-state index < -0.39 is 0 Å². The summed E-state index contributed by atoms with van der Waals surface area (Å²) >= 11 is 0. The maximum absolute atomic E-state index is 13.1. The van der Waals surface area contributed by atoms with Crippen molar-refractivity contribution >= 4 is 21.5 Å². The molecule has 5 rings (SSSR count). The Bertz CT molecular complexity index is 1480. The molecule has 0 amide bonds. The van der Waals surface area contributed by atoms with E-state index in [0.29, 0.717) is 29.7 Å². The molecule has 0 unspecified atom stereocenters. The van der Waals surface area contributed by atoms with Gasteiger partial charge >= 0.3 is 0 Å². The van der Waals surface area contributed by atoms with Crippen LogP contribution in [0.4, 0.5) is 0 Å². The molecule has 1 aromatic heterocycles. The zero-order chi connectivity index (χ0) is 22.6. The van der Waals surface area contributed by atoms with E-state index in [0.717, 1.165) is 34.4 Å². The summed E-state index contributed by atoms with van der Waals surface area (Å²) < 4.78 is 14.2. The SMILES string of the molecule is CCCCn1c(Oc2cccc3ccccc23)cc(Oc2cccc3ccccc23)cc1=O. The minimum absolute atomic E-state index is 0.142. The van der Waals surface area contributed by atoms with Crippen molar-refractivity contribution in [3.63, 3.8) is 0 Å². The zero-order valence-electron chi connectivity index (χ0n) is 18.5. The third-order valence-corrected chi connectivity index (χ3v) is 5.74. The van der Waals surface area contributed by atoms with Crippen molar-refractivity contribution in [2.75, 3.05) is 0 Å². The van der Waals surface area contributed by atoms with Gasteiger partial charge in [0.1, 0.15) is 17.2 Å². The lowest BCUT2D eigenvalue weighted by Gasteiger charge is -2.17. The molecule has 164 valence electrons. The molecule has 0 bridgehead atoms. The van der Waals surface area contributed by atoms with Crippen LogP contribution < -0.4 is 15.0 Å². The van der Waals surface area contributed by atoms with Crippen molar-refractivity contribution in [3.8, 4) is 23.1 Å². The van der Waals surface area contributed by atoms with E-state index in [1.807, 2.05) is 84.9 Å². The summed E-state index contributed by atoms with van der Waals surface area (Å²) in [7, 11) is 0. The van der Waals surface area contributed by atoms with Gasteiger partial charge in [-0.15, -0.1) is 0 Å². The van der Waals surface area contributed by atoms with Gasteiger partial charge in [0, 0.05) is 29.4 Å². The third-order valence-electron chi connectivity index (χ3n) is 5.74. The molecule has 0 radical (unpaired) electrons. The molecule has 0 fully saturated rings. The molecular formula is C29H25NO3. The van der Waals surface area contributed by atoms with E-state index in [1.54, 1.807) is 10.6 Å².